The summed E-state index contributed by atoms with van der Waals surface area (Å²) in [4.78, 5) is 15.5. The largest absolute Gasteiger partial charge is 0.395 e. The van der Waals surface area contributed by atoms with Gasteiger partial charge in [0.2, 0.25) is 5.82 Å². The van der Waals surface area contributed by atoms with Crippen molar-refractivity contribution in [3.8, 4) is 6.07 Å². The number of carbonyl (C=O) groups excluding carboxylic acids is 1. The number of hydrogen-bond acceptors (Lipinski definition) is 5. The Morgan fingerprint density at radius 1 is 1.38 bits per heavy atom. The average Bonchev–Trinajstić information content (AvgIpc) is 2.99. The second-order valence-electron chi connectivity index (χ2n) is 6.11. The fourth-order valence-electron chi connectivity index (χ4n) is 2.05. The van der Waals surface area contributed by atoms with Crippen LogP contribution in [0, 0.1) is 17.9 Å². The van der Waals surface area contributed by atoms with E-state index >= 15 is 0 Å². The van der Waals surface area contributed by atoms with Gasteiger partial charge in [-0.3, -0.25) is 14.7 Å². The molecule has 2 rings (SSSR count). The van der Waals surface area contributed by atoms with Crippen molar-refractivity contribution in [3.05, 3.63) is 58.6 Å². The second-order valence-corrected chi connectivity index (χ2v) is 6.11. The summed E-state index contributed by atoms with van der Waals surface area (Å²) in [5.74, 6) is -0.364. The summed E-state index contributed by atoms with van der Waals surface area (Å²) in [7, 11) is 0. The summed E-state index contributed by atoms with van der Waals surface area (Å²) < 4.78 is 0. The van der Waals surface area contributed by atoms with Crippen LogP contribution in [0.2, 0.25) is 0 Å². The Balaban J connectivity index is 2.30. The first-order valence-corrected chi connectivity index (χ1v) is 7.24. The third kappa shape index (κ3) is 3.53. The molecule has 0 bridgehead atoms. The summed E-state index contributed by atoms with van der Waals surface area (Å²) >= 11 is 0. The van der Waals surface area contributed by atoms with Crippen LogP contribution in [0.1, 0.15) is 42.4 Å². The van der Waals surface area contributed by atoms with Gasteiger partial charge in [-0.05, 0) is 0 Å². The van der Waals surface area contributed by atoms with Gasteiger partial charge in [-0.2, -0.15) is 10.4 Å². The van der Waals surface area contributed by atoms with E-state index in [0.29, 0.717) is 11.3 Å². The number of aromatic nitrogens is 2. The summed E-state index contributed by atoms with van der Waals surface area (Å²) in [5, 5.41) is 23.7. The summed E-state index contributed by atoms with van der Waals surface area (Å²) in [6.07, 6.45) is -1.30. The number of Topliss-reactive ketones (excluding diaryl/α,β-unsaturated/α-hetero) is 1. The number of ketones is 1. The number of carbonyl (C=O) groups is 1. The number of nitrogens with one attached hydrogen (secondary N) is 1. The first-order valence-electron chi connectivity index (χ1n) is 7.24. The van der Waals surface area contributed by atoms with Crippen LogP contribution in [-0.4, -0.2) is 22.1 Å². The predicted molar refractivity (Wildman–Crippen MR) is 87.7 cm³/mol. The third-order valence-corrected chi connectivity index (χ3v) is 3.29. The highest BCUT2D eigenvalue weighted by Gasteiger charge is 2.26. The van der Waals surface area contributed by atoms with Crippen molar-refractivity contribution < 1.29 is 4.79 Å². The lowest BCUT2D eigenvalue weighted by Crippen LogP contribution is -2.14. The Kier molecular flexibility index (Phi) is 4.86. The number of hydrogen-bond donors (Lipinski definition) is 1. The molecule has 0 aliphatic heterocycles. The molecular weight excluding hydrogens is 304 g/mol. The Labute approximate surface area is 139 Å². The number of H-pyrrole nitrogens is 1. The molecule has 0 radical (unpaired) electrons. The molecule has 0 aliphatic carbocycles. The monoisotopic (exact) mass is 320 g/mol. The van der Waals surface area contributed by atoms with Gasteiger partial charge >= 0.3 is 6.17 Å². The van der Waals surface area contributed by atoms with E-state index in [-0.39, 0.29) is 16.8 Å². The van der Waals surface area contributed by atoms with Crippen LogP contribution in [0.15, 0.2) is 40.6 Å². The summed E-state index contributed by atoms with van der Waals surface area (Å²) in [6.45, 7) is 13.0. The maximum absolute atomic E-state index is 12.3. The molecule has 1 N–H and O–H groups in total. The molecule has 1 aromatic heterocycles. The minimum atomic E-state index is -1.30. The number of nitrogens with zero attached hydrogens (tertiary/aromatic N) is 5. The molecule has 1 aromatic carbocycles. The molecule has 0 saturated heterocycles. The zero-order valence-corrected chi connectivity index (χ0v) is 13.6. The molecule has 0 aliphatic rings. The number of benzene rings is 1. The molecular formula is C17H16N6O. The lowest BCUT2D eigenvalue weighted by molar-refractivity contribution is 0.0976. The van der Waals surface area contributed by atoms with E-state index in [1.807, 2.05) is 26.8 Å². The van der Waals surface area contributed by atoms with Gasteiger partial charge in [-0.15, -0.1) is 5.11 Å². The average molecular weight is 320 g/mol. The zero-order valence-electron chi connectivity index (χ0n) is 13.6. The van der Waals surface area contributed by atoms with Gasteiger partial charge in [0.15, 0.2) is 0 Å². The van der Waals surface area contributed by atoms with Crippen LogP contribution < -0.4 is 0 Å². The first-order chi connectivity index (χ1) is 11.4. The quantitative estimate of drug-likeness (QED) is 0.527. The number of rotatable bonds is 4. The van der Waals surface area contributed by atoms with E-state index in [0.717, 1.165) is 0 Å². The predicted octanol–water partition coefficient (Wildman–Crippen LogP) is 3.79. The molecule has 7 heteroatoms. The van der Waals surface area contributed by atoms with Crippen molar-refractivity contribution in [1.29, 1.82) is 5.26 Å². The van der Waals surface area contributed by atoms with Crippen LogP contribution in [0.25, 0.3) is 4.85 Å². The maximum atomic E-state index is 12.3. The highest BCUT2D eigenvalue weighted by Crippen LogP contribution is 2.29. The Morgan fingerprint density at radius 3 is 2.58 bits per heavy atom. The molecule has 0 saturated carbocycles. The molecule has 2 aromatic rings. The molecule has 1 atom stereocenters. The van der Waals surface area contributed by atoms with E-state index in [4.69, 9.17) is 6.57 Å². The highest BCUT2D eigenvalue weighted by atomic mass is 16.1. The van der Waals surface area contributed by atoms with Crippen molar-refractivity contribution in [1.82, 2.24) is 10.2 Å². The number of nitriles is 1. The smallest absolute Gasteiger partial charge is 0.283 e. The van der Waals surface area contributed by atoms with Gasteiger partial charge in [0.25, 0.3) is 5.78 Å². The van der Waals surface area contributed by atoms with Gasteiger partial charge in [-0.1, -0.05) is 56.2 Å². The Morgan fingerprint density at radius 2 is 2.04 bits per heavy atom. The zero-order chi connectivity index (χ0) is 17.7. The summed E-state index contributed by atoms with van der Waals surface area (Å²) in [6, 6.07) is 10.5. The first kappa shape index (κ1) is 17.0. The third-order valence-electron chi connectivity index (χ3n) is 3.29. The fraction of sp³-hybridized carbons (Fsp3) is 0.294. The van der Waals surface area contributed by atoms with E-state index in [2.05, 4.69) is 25.3 Å². The van der Waals surface area contributed by atoms with E-state index in [9.17, 15) is 10.1 Å². The van der Waals surface area contributed by atoms with Crippen LogP contribution >= 0.6 is 0 Å². The van der Waals surface area contributed by atoms with E-state index < -0.39 is 11.9 Å². The minimum absolute atomic E-state index is 0.0805. The van der Waals surface area contributed by atoms with Crippen molar-refractivity contribution in [2.75, 3.05) is 0 Å². The second kappa shape index (κ2) is 6.84. The van der Waals surface area contributed by atoms with Crippen molar-refractivity contribution in [3.63, 3.8) is 0 Å². The summed E-state index contributed by atoms with van der Waals surface area (Å²) in [5.41, 5.74) is 0.968. The molecule has 1 unspecified atom stereocenters. The van der Waals surface area contributed by atoms with Crippen LogP contribution in [-0.2, 0) is 5.41 Å². The van der Waals surface area contributed by atoms with Gasteiger partial charge < -0.3 is 0 Å². The maximum Gasteiger partial charge on any atom is 0.395 e. The highest BCUT2D eigenvalue weighted by molar-refractivity contribution is 6.00. The van der Waals surface area contributed by atoms with Gasteiger partial charge in [0, 0.05) is 11.0 Å². The van der Waals surface area contributed by atoms with Gasteiger partial charge in [0.1, 0.15) is 11.6 Å². The molecule has 7 nitrogen and oxygen atoms in total. The Bertz CT molecular complexity index is 846. The van der Waals surface area contributed by atoms with Crippen molar-refractivity contribution in [2.24, 2.45) is 10.2 Å². The SMILES string of the molecule is [C-]#[N+]C(N=Nc1n[nH]c(C(C)(C)C)c1C#N)C(=O)c1ccccc1. The molecule has 0 fully saturated rings. The lowest BCUT2D eigenvalue weighted by Gasteiger charge is -2.15. The lowest BCUT2D eigenvalue weighted by atomic mass is 9.90. The molecule has 0 amide bonds. The molecule has 1 heterocycles. The van der Waals surface area contributed by atoms with Crippen LogP contribution in [0.3, 0.4) is 0 Å². The molecule has 120 valence electrons. The Hall–Kier alpha value is -3.32. The van der Waals surface area contributed by atoms with E-state index in [1.165, 1.54) is 0 Å². The fourth-order valence-corrected chi connectivity index (χ4v) is 2.05. The number of azo groups is 1. The standard InChI is InChI=1S/C17H16N6O/c1-17(2,3)14-12(10-18)15(21-20-14)22-23-16(19-4)13(24)11-8-6-5-7-9-11/h5-9,16H,1-3H3,(H,20,21). The van der Waals surface area contributed by atoms with Gasteiger partial charge in [0.05, 0.1) is 5.69 Å². The van der Waals surface area contributed by atoms with Gasteiger partial charge in [-0.25, -0.2) is 6.57 Å². The normalized spacial score (nSPS) is 12.5. The molecule has 0 spiro atoms. The van der Waals surface area contributed by atoms with Crippen LogP contribution in [0.4, 0.5) is 5.82 Å². The van der Waals surface area contributed by atoms with Crippen molar-refractivity contribution in [2.45, 2.75) is 32.4 Å². The minimum Gasteiger partial charge on any atom is -0.283 e. The van der Waals surface area contributed by atoms with Crippen LogP contribution in [0.5, 0.6) is 0 Å². The molecule has 24 heavy (non-hydrogen) atoms. The topological polar surface area (TPSA) is 98.6 Å². The van der Waals surface area contributed by atoms with Crippen molar-refractivity contribution >= 4 is 11.6 Å². The van der Waals surface area contributed by atoms with E-state index in [1.54, 1.807) is 30.3 Å². The number of aromatic amines is 1.